The van der Waals surface area contributed by atoms with E-state index in [1.165, 1.54) is 25.8 Å². The van der Waals surface area contributed by atoms with Crippen molar-refractivity contribution in [3.05, 3.63) is 0 Å². The lowest BCUT2D eigenvalue weighted by Crippen LogP contribution is -2.31. The monoisotopic (exact) mass is 195 g/mol. The van der Waals surface area contributed by atoms with Crippen molar-refractivity contribution >= 4 is 0 Å². The first-order chi connectivity index (χ1) is 6.81. The van der Waals surface area contributed by atoms with Crippen molar-refractivity contribution in [2.45, 2.75) is 31.8 Å². The molecule has 1 saturated heterocycles. The maximum absolute atomic E-state index is 5.26. The van der Waals surface area contributed by atoms with Gasteiger partial charge in [-0.05, 0) is 44.1 Å². The molecule has 0 radical (unpaired) electrons. The molecule has 4 atom stereocenters. The third-order valence-corrected chi connectivity index (χ3v) is 4.35. The number of hydrogen-bond acceptors (Lipinski definition) is 2. The van der Waals surface area contributed by atoms with Gasteiger partial charge in [0.15, 0.2) is 0 Å². The van der Waals surface area contributed by atoms with Crippen LogP contribution < -0.4 is 0 Å². The zero-order valence-electron chi connectivity index (χ0n) is 9.11. The minimum atomic E-state index is 0.568. The fraction of sp³-hybridized carbons (Fsp3) is 1.00. The molecule has 0 N–H and O–H groups in total. The molecule has 2 nitrogen and oxygen atoms in total. The van der Waals surface area contributed by atoms with Crippen molar-refractivity contribution in [3.63, 3.8) is 0 Å². The van der Waals surface area contributed by atoms with Crippen LogP contribution in [0.4, 0.5) is 0 Å². The van der Waals surface area contributed by atoms with E-state index in [1.807, 2.05) is 0 Å². The van der Waals surface area contributed by atoms with Crippen molar-refractivity contribution in [1.82, 2.24) is 4.90 Å². The fourth-order valence-corrected chi connectivity index (χ4v) is 3.60. The Balaban J connectivity index is 1.47. The molecule has 14 heavy (non-hydrogen) atoms. The van der Waals surface area contributed by atoms with Gasteiger partial charge in [-0.25, -0.2) is 0 Å². The molecule has 0 aromatic heterocycles. The standard InChI is InChI=1S/C12H21NO/c1-13(7-12-8-14-12)6-11-5-9-2-3-10(11)4-9/h9-12H,2-8H2,1H3. The lowest BCUT2D eigenvalue weighted by Gasteiger charge is -2.26. The van der Waals surface area contributed by atoms with Crippen LogP contribution in [-0.4, -0.2) is 37.7 Å². The molecule has 3 aliphatic rings. The minimum absolute atomic E-state index is 0.568. The number of epoxide rings is 1. The van der Waals surface area contributed by atoms with Crippen LogP contribution in [0.15, 0.2) is 0 Å². The summed E-state index contributed by atoms with van der Waals surface area (Å²) < 4.78 is 5.26. The van der Waals surface area contributed by atoms with Crippen LogP contribution >= 0.6 is 0 Å². The largest absolute Gasteiger partial charge is 0.372 e. The van der Waals surface area contributed by atoms with Crippen LogP contribution in [0.5, 0.6) is 0 Å². The molecule has 0 spiro atoms. The summed E-state index contributed by atoms with van der Waals surface area (Å²) in [5.41, 5.74) is 0. The topological polar surface area (TPSA) is 15.8 Å². The third kappa shape index (κ3) is 1.82. The van der Waals surface area contributed by atoms with Gasteiger partial charge in [-0.3, -0.25) is 0 Å². The highest BCUT2D eigenvalue weighted by molar-refractivity contribution is 4.91. The number of fused-ring (bicyclic) bond motifs is 2. The second kappa shape index (κ2) is 3.49. The molecule has 0 aromatic carbocycles. The van der Waals surface area contributed by atoms with E-state index >= 15 is 0 Å². The summed E-state index contributed by atoms with van der Waals surface area (Å²) in [4.78, 5) is 2.49. The average molecular weight is 195 g/mol. The third-order valence-electron chi connectivity index (χ3n) is 4.35. The van der Waals surface area contributed by atoms with Crippen LogP contribution in [0.3, 0.4) is 0 Å². The molecule has 3 fully saturated rings. The molecule has 3 rings (SSSR count). The van der Waals surface area contributed by atoms with Gasteiger partial charge in [-0.1, -0.05) is 6.42 Å². The van der Waals surface area contributed by atoms with Gasteiger partial charge in [0.05, 0.1) is 12.7 Å². The molecule has 2 bridgehead atoms. The SMILES string of the molecule is CN(CC1CO1)CC1CC2CCC1C2. The van der Waals surface area contributed by atoms with Gasteiger partial charge in [-0.2, -0.15) is 0 Å². The fourth-order valence-electron chi connectivity index (χ4n) is 3.60. The number of likely N-dealkylation sites (N-methyl/N-ethyl adjacent to an activating group) is 1. The maximum atomic E-state index is 5.26. The number of rotatable bonds is 4. The lowest BCUT2D eigenvalue weighted by atomic mass is 9.88. The minimum Gasteiger partial charge on any atom is -0.372 e. The molecule has 2 heteroatoms. The number of ether oxygens (including phenoxy) is 1. The van der Waals surface area contributed by atoms with E-state index in [0.29, 0.717) is 6.10 Å². The Bertz CT molecular complexity index is 214. The normalized spacial score (nSPS) is 45.0. The summed E-state index contributed by atoms with van der Waals surface area (Å²) in [6, 6.07) is 0. The Morgan fingerprint density at radius 1 is 1.21 bits per heavy atom. The summed E-state index contributed by atoms with van der Waals surface area (Å²) >= 11 is 0. The highest BCUT2D eigenvalue weighted by Gasteiger charge is 2.39. The highest BCUT2D eigenvalue weighted by Crippen LogP contribution is 2.48. The molecular formula is C12H21NO. The second-order valence-corrected chi connectivity index (χ2v) is 5.61. The smallest absolute Gasteiger partial charge is 0.0936 e. The van der Waals surface area contributed by atoms with Gasteiger partial charge in [0, 0.05) is 13.1 Å². The molecule has 1 aliphatic heterocycles. The van der Waals surface area contributed by atoms with Gasteiger partial charge in [-0.15, -0.1) is 0 Å². The summed E-state index contributed by atoms with van der Waals surface area (Å²) in [5, 5.41) is 0. The van der Waals surface area contributed by atoms with Gasteiger partial charge in [0.25, 0.3) is 0 Å². The van der Waals surface area contributed by atoms with Gasteiger partial charge in [0.1, 0.15) is 0 Å². The van der Waals surface area contributed by atoms with Crippen molar-refractivity contribution < 1.29 is 4.74 Å². The first kappa shape index (κ1) is 9.17. The molecule has 2 aliphatic carbocycles. The van der Waals surface area contributed by atoms with E-state index in [2.05, 4.69) is 11.9 Å². The predicted octanol–water partition coefficient (Wildman–Crippen LogP) is 1.75. The molecule has 0 amide bonds. The Morgan fingerprint density at radius 2 is 2.07 bits per heavy atom. The first-order valence-corrected chi connectivity index (χ1v) is 6.11. The summed E-state index contributed by atoms with van der Waals surface area (Å²) in [6.07, 6.45) is 6.66. The van der Waals surface area contributed by atoms with Crippen molar-refractivity contribution in [3.8, 4) is 0 Å². The van der Waals surface area contributed by atoms with Crippen LogP contribution in [0, 0.1) is 17.8 Å². The van der Waals surface area contributed by atoms with Crippen molar-refractivity contribution in [2.24, 2.45) is 17.8 Å². The van der Waals surface area contributed by atoms with Crippen molar-refractivity contribution in [2.75, 3.05) is 26.7 Å². The highest BCUT2D eigenvalue weighted by atomic mass is 16.6. The molecule has 4 unspecified atom stereocenters. The van der Waals surface area contributed by atoms with E-state index < -0.39 is 0 Å². The zero-order chi connectivity index (χ0) is 9.54. The molecule has 2 saturated carbocycles. The van der Waals surface area contributed by atoms with Gasteiger partial charge >= 0.3 is 0 Å². The van der Waals surface area contributed by atoms with Crippen LogP contribution in [0.1, 0.15) is 25.7 Å². The summed E-state index contributed by atoms with van der Waals surface area (Å²) in [5.74, 6) is 3.18. The van der Waals surface area contributed by atoms with Gasteiger partial charge in [0.2, 0.25) is 0 Å². The summed E-state index contributed by atoms with van der Waals surface area (Å²) in [7, 11) is 2.26. The average Bonchev–Trinajstić information content (AvgIpc) is 2.74. The lowest BCUT2D eigenvalue weighted by molar-refractivity contribution is 0.205. The molecule has 1 heterocycles. The van der Waals surface area contributed by atoms with Crippen LogP contribution in [-0.2, 0) is 4.74 Å². The predicted molar refractivity (Wildman–Crippen MR) is 56.2 cm³/mol. The van der Waals surface area contributed by atoms with E-state index in [1.54, 1.807) is 6.42 Å². The van der Waals surface area contributed by atoms with Crippen LogP contribution in [0.2, 0.25) is 0 Å². The molecule has 0 aromatic rings. The van der Waals surface area contributed by atoms with Crippen LogP contribution in [0.25, 0.3) is 0 Å². The maximum Gasteiger partial charge on any atom is 0.0936 e. The Morgan fingerprint density at radius 3 is 2.64 bits per heavy atom. The second-order valence-electron chi connectivity index (χ2n) is 5.61. The number of nitrogens with zero attached hydrogens (tertiary/aromatic N) is 1. The van der Waals surface area contributed by atoms with Gasteiger partial charge < -0.3 is 9.64 Å². The molecule has 80 valence electrons. The van der Waals surface area contributed by atoms with Crippen molar-refractivity contribution in [1.29, 1.82) is 0 Å². The van der Waals surface area contributed by atoms with E-state index in [0.717, 1.165) is 30.9 Å². The van der Waals surface area contributed by atoms with E-state index in [-0.39, 0.29) is 0 Å². The zero-order valence-corrected chi connectivity index (χ0v) is 9.11. The Kier molecular flexibility index (Phi) is 2.29. The Hall–Kier alpha value is -0.0800. The quantitative estimate of drug-likeness (QED) is 0.635. The summed E-state index contributed by atoms with van der Waals surface area (Å²) in [6.45, 7) is 3.48. The first-order valence-electron chi connectivity index (χ1n) is 6.11. The Labute approximate surface area is 86.6 Å². The molecular weight excluding hydrogens is 174 g/mol. The number of hydrogen-bond donors (Lipinski definition) is 0. The van der Waals surface area contributed by atoms with E-state index in [4.69, 9.17) is 4.74 Å². The van der Waals surface area contributed by atoms with E-state index in [9.17, 15) is 0 Å².